The first kappa shape index (κ1) is 28.2. The van der Waals surface area contributed by atoms with Crippen LogP contribution in [-0.4, -0.2) is 22.2 Å². The van der Waals surface area contributed by atoms with Gasteiger partial charge in [-0.15, -0.1) is 0 Å². The van der Waals surface area contributed by atoms with Gasteiger partial charge in [0.25, 0.3) is 5.56 Å². The zero-order chi connectivity index (χ0) is 29.5. The standard InChI is InChI=1S/C33H31F3N2O3/c1-32(2,3)25-13-7-11-22(16-25)15-24-18-28(39)38-27(31(40)41)20-37(19-21-9-5-4-6-10-21)30(38)29(24)23-12-8-14-26(17-23)33(34,35)36/h4-14,16-18,27H,15,19-20H2,1-3H3,(H,40,41). The molecule has 0 saturated carbocycles. The van der Waals surface area contributed by atoms with E-state index < -0.39 is 29.3 Å². The Kier molecular flexibility index (Phi) is 7.28. The number of fused-ring (bicyclic) bond motifs is 1. The van der Waals surface area contributed by atoms with Crippen molar-refractivity contribution < 1.29 is 23.1 Å². The minimum Gasteiger partial charge on any atom is -0.480 e. The number of benzene rings is 3. The molecule has 5 nitrogen and oxygen atoms in total. The van der Waals surface area contributed by atoms with Crippen LogP contribution in [0.3, 0.4) is 0 Å². The average molecular weight is 561 g/mol. The Hall–Kier alpha value is -4.33. The van der Waals surface area contributed by atoms with Gasteiger partial charge in [0.15, 0.2) is 6.04 Å². The van der Waals surface area contributed by atoms with Crippen molar-refractivity contribution in [3.63, 3.8) is 0 Å². The Labute approximate surface area is 236 Å². The van der Waals surface area contributed by atoms with E-state index in [-0.39, 0.29) is 23.9 Å². The van der Waals surface area contributed by atoms with Crippen LogP contribution < -0.4 is 10.5 Å². The quantitative estimate of drug-likeness (QED) is 0.274. The third-order valence-electron chi connectivity index (χ3n) is 7.48. The second kappa shape index (κ2) is 10.6. The van der Waals surface area contributed by atoms with Gasteiger partial charge in [0.1, 0.15) is 5.82 Å². The summed E-state index contributed by atoms with van der Waals surface area (Å²) in [4.78, 5) is 27.7. The zero-order valence-electron chi connectivity index (χ0n) is 23.1. The molecule has 8 heteroatoms. The lowest BCUT2D eigenvalue weighted by Crippen LogP contribution is -2.28. The fourth-order valence-corrected chi connectivity index (χ4v) is 5.45. The van der Waals surface area contributed by atoms with Crippen LogP contribution in [0.25, 0.3) is 11.1 Å². The third-order valence-corrected chi connectivity index (χ3v) is 7.48. The molecule has 1 aromatic heterocycles. The Morgan fingerprint density at radius 3 is 2.20 bits per heavy atom. The number of hydrogen-bond acceptors (Lipinski definition) is 3. The number of carboxylic acid groups (broad SMARTS) is 1. The molecule has 0 spiro atoms. The Morgan fingerprint density at radius 2 is 1.54 bits per heavy atom. The first-order chi connectivity index (χ1) is 19.3. The van der Waals surface area contributed by atoms with Crippen LogP contribution in [0.15, 0.2) is 89.7 Å². The van der Waals surface area contributed by atoms with Gasteiger partial charge in [-0.05, 0) is 51.8 Å². The van der Waals surface area contributed by atoms with Gasteiger partial charge in [0.2, 0.25) is 0 Å². The highest BCUT2D eigenvalue weighted by molar-refractivity contribution is 5.85. The van der Waals surface area contributed by atoms with E-state index in [0.29, 0.717) is 23.5 Å². The van der Waals surface area contributed by atoms with E-state index in [4.69, 9.17) is 0 Å². The van der Waals surface area contributed by atoms with Crippen molar-refractivity contribution in [2.24, 2.45) is 0 Å². The van der Waals surface area contributed by atoms with E-state index in [2.05, 4.69) is 20.8 Å². The van der Waals surface area contributed by atoms with Crippen LogP contribution >= 0.6 is 0 Å². The highest BCUT2D eigenvalue weighted by Crippen LogP contribution is 2.42. The molecule has 0 saturated heterocycles. The minimum atomic E-state index is -4.57. The zero-order valence-corrected chi connectivity index (χ0v) is 23.1. The van der Waals surface area contributed by atoms with Gasteiger partial charge in [-0.3, -0.25) is 9.36 Å². The van der Waals surface area contributed by atoms with E-state index in [9.17, 15) is 27.9 Å². The molecule has 5 rings (SSSR count). The third kappa shape index (κ3) is 5.78. The number of anilines is 1. The van der Waals surface area contributed by atoms with E-state index in [1.54, 1.807) is 11.0 Å². The largest absolute Gasteiger partial charge is 0.480 e. The first-order valence-electron chi connectivity index (χ1n) is 13.4. The first-order valence-corrected chi connectivity index (χ1v) is 13.4. The number of carboxylic acids is 1. The van der Waals surface area contributed by atoms with E-state index in [1.165, 1.54) is 16.7 Å². The van der Waals surface area contributed by atoms with Crippen LogP contribution in [0, 0.1) is 0 Å². The predicted molar refractivity (Wildman–Crippen MR) is 153 cm³/mol. The van der Waals surface area contributed by atoms with Crippen molar-refractivity contribution in [2.45, 2.75) is 51.4 Å². The van der Waals surface area contributed by atoms with E-state index in [0.717, 1.165) is 28.8 Å². The summed E-state index contributed by atoms with van der Waals surface area (Å²) in [7, 11) is 0. The lowest BCUT2D eigenvalue weighted by Gasteiger charge is -2.24. The maximum absolute atomic E-state index is 13.8. The number of rotatable bonds is 6. The SMILES string of the molecule is CC(C)(C)c1cccc(Cc2cc(=O)n3c(c2-c2cccc(C(F)(F)F)c2)N(Cc2ccccc2)CC3C(=O)O)c1. The molecule has 0 bridgehead atoms. The van der Waals surface area contributed by atoms with Gasteiger partial charge < -0.3 is 10.0 Å². The van der Waals surface area contributed by atoms with E-state index >= 15 is 0 Å². The normalized spacial score (nSPS) is 15.2. The Bertz CT molecular complexity index is 1650. The summed E-state index contributed by atoms with van der Waals surface area (Å²) in [5, 5.41) is 10.1. The topological polar surface area (TPSA) is 62.5 Å². The van der Waals surface area contributed by atoms with Crippen molar-refractivity contribution in [3.8, 4) is 11.1 Å². The van der Waals surface area contributed by atoms with Gasteiger partial charge in [-0.25, -0.2) is 4.79 Å². The maximum atomic E-state index is 13.8. The van der Waals surface area contributed by atoms with Crippen LogP contribution in [-0.2, 0) is 29.4 Å². The van der Waals surface area contributed by atoms with Gasteiger partial charge in [-0.1, -0.05) is 87.5 Å². The minimum absolute atomic E-state index is 0.00833. The van der Waals surface area contributed by atoms with Gasteiger partial charge in [0.05, 0.1) is 12.1 Å². The number of aliphatic carboxylic acids is 1. The summed E-state index contributed by atoms with van der Waals surface area (Å²) >= 11 is 0. The molecule has 0 radical (unpaired) electrons. The Morgan fingerprint density at radius 1 is 0.878 bits per heavy atom. The predicted octanol–water partition coefficient (Wildman–Crippen LogP) is 7.07. The van der Waals surface area contributed by atoms with Crippen molar-refractivity contribution in [1.29, 1.82) is 0 Å². The average Bonchev–Trinajstić information content (AvgIpc) is 3.28. The maximum Gasteiger partial charge on any atom is 0.416 e. The smallest absolute Gasteiger partial charge is 0.416 e. The summed E-state index contributed by atoms with van der Waals surface area (Å²) in [5.74, 6) is -0.861. The second-order valence-electron chi connectivity index (χ2n) is 11.5. The molecule has 212 valence electrons. The summed E-state index contributed by atoms with van der Waals surface area (Å²) in [6.45, 7) is 6.58. The lowest BCUT2D eigenvalue weighted by atomic mass is 9.85. The monoisotopic (exact) mass is 560 g/mol. The molecule has 41 heavy (non-hydrogen) atoms. The molecule has 0 aliphatic carbocycles. The number of halogens is 3. The fraction of sp³-hybridized carbons (Fsp3) is 0.273. The molecular weight excluding hydrogens is 529 g/mol. The number of aromatic nitrogens is 1. The van der Waals surface area contributed by atoms with Gasteiger partial charge in [-0.2, -0.15) is 13.2 Å². The van der Waals surface area contributed by atoms with Crippen LogP contribution in [0.4, 0.5) is 19.0 Å². The van der Waals surface area contributed by atoms with Crippen LogP contribution in [0.1, 0.15) is 54.6 Å². The summed E-state index contributed by atoms with van der Waals surface area (Å²) in [6, 6.07) is 22.5. The number of nitrogens with zero attached hydrogens (tertiary/aromatic N) is 2. The van der Waals surface area contributed by atoms with Gasteiger partial charge in [0, 0.05) is 18.2 Å². The highest BCUT2D eigenvalue weighted by atomic mass is 19.4. The Balaban J connectivity index is 1.76. The van der Waals surface area contributed by atoms with Crippen LogP contribution in [0.5, 0.6) is 0 Å². The molecule has 0 amide bonds. The molecule has 1 unspecified atom stereocenters. The fourth-order valence-electron chi connectivity index (χ4n) is 5.45. The molecule has 1 aliphatic heterocycles. The molecule has 1 aliphatic rings. The second-order valence-corrected chi connectivity index (χ2v) is 11.5. The van der Waals surface area contributed by atoms with Crippen molar-refractivity contribution >= 4 is 11.8 Å². The molecule has 2 heterocycles. The highest BCUT2D eigenvalue weighted by Gasteiger charge is 2.38. The summed E-state index contributed by atoms with van der Waals surface area (Å²) in [6.07, 6.45) is -4.28. The van der Waals surface area contributed by atoms with E-state index in [1.807, 2.05) is 54.6 Å². The molecule has 1 N–H and O–H groups in total. The molecule has 1 atom stereocenters. The molecule has 0 fully saturated rings. The van der Waals surface area contributed by atoms with Crippen molar-refractivity contribution in [1.82, 2.24) is 4.57 Å². The number of hydrogen-bond donors (Lipinski definition) is 1. The lowest BCUT2D eigenvalue weighted by molar-refractivity contribution is -0.140. The van der Waals surface area contributed by atoms with Crippen molar-refractivity contribution in [3.05, 3.63) is 123 Å². The molecular formula is C33H31F3N2O3. The summed E-state index contributed by atoms with van der Waals surface area (Å²) in [5.41, 5.74) is 2.67. The molecule has 3 aromatic carbocycles. The summed E-state index contributed by atoms with van der Waals surface area (Å²) < 4.78 is 42.7. The van der Waals surface area contributed by atoms with Gasteiger partial charge >= 0.3 is 12.1 Å². The number of pyridine rings is 1. The molecule has 4 aromatic rings. The van der Waals surface area contributed by atoms with Crippen LogP contribution in [0.2, 0.25) is 0 Å². The van der Waals surface area contributed by atoms with Crippen molar-refractivity contribution in [2.75, 3.05) is 11.4 Å². The number of alkyl halides is 3. The number of carbonyl (C=O) groups is 1.